The van der Waals surface area contributed by atoms with E-state index in [0.29, 0.717) is 0 Å². The molecule has 0 rings (SSSR count). The van der Waals surface area contributed by atoms with Gasteiger partial charge in [0.2, 0.25) is 0 Å². The van der Waals surface area contributed by atoms with Crippen molar-refractivity contribution in [1.29, 1.82) is 0 Å². The van der Waals surface area contributed by atoms with Crippen LogP contribution in [0.1, 0.15) is 0 Å². The topological polar surface area (TPSA) is 52.6 Å². The monoisotopic (exact) mass is 296 g/mol. The average Bonchev–Trinajstić information content (AvgIpc) is 2.32. The molecule has 8 heteroatoms. The number of carbonyl (C=O) groups excluding carboxylic acids is 2. The zero-order valence-corrected chi connectivity index (χ0v) is 11.5. The fourth-order valence-electron chi connectivity index (χ4n) is 1.46. The SMILES string of the molecule is C=CC[N+](C)(C)C(OC(=O)C(F)(F)F)C(=C)C(=O)OC. The molecule has 0 fully saturated rings. The summed E-state index contributed by atoms with van der Waals surface area (Å²) in [6.45, 7) is 6.94. The summed E-state index contributed by atoms with van der Waals surface area (Å²) in [5.74, 6) is -3.36. The van der Waals surface area contributed by atoms with Gasteiger partial charge in [0, 0.05) is 0 Å². The summed E-state index contributed by atoms with van der Waals surface area (Å²) in [5, 5.41) is 0. The molecule has 0 radical (unpaired) electrons. The Kier molecular flexibility index (Phi) is 5.96. The highest BCUT2D eigenvalue weighted by molar-refractivity contribution is 5.89. The van der Waals surface area contributed by atoms with E-state index in [4.69, 9.17) is 0 Å². The predicted octanol–water partition coefficient (Wildman–Crippen LogP) is 1.41. The van der Waals surface area contributed by atoms with E-state index in [1.54, 1.807) is 0 Å². The van der Waals surface area contributed by atoms with Gasteiger partial charge < -0.3 is 9.47 Å². The number of ether oxygens (including phenoxy) is 2. The summed E-state index contributed by atoms with van der Waals surface area (Å²) < 4.78 is 45.3. The molecule has 0 aromatic carbocycles. The summed E-state index contributed by atoms with van der Waals surface area (Å²) in [5.41, 5.74) is -0.392. The van der Waals surface area contributed by atoms with E-state index in [1.807, 2.05) is 0 Å². The lowest BCUT2D eigenvalue weighted by Gasteiger charge is -2.36. The number of carbonyl (C=O) groups is 2. The third kappa shape index (κ3) is 4.69. The number of halogens is 3. The Hall–Kier alpha value is -1.83. The highest BCUT2D eigenvalue weighted by Crippen LogP contribution is 2.23. The zero-order valence-electron chi connectivity index (χ0n) is 11.5. The Balaban J connectivity index is 5.38. The number of hydrogen-bond donors (Lipinski definition) is 0. The predicted molar refractivity (Wildman–Crippen MR) is 64.3 cm³/mol. The first kappa shape index (κ1) is 18.2. The van der Waals surface area contributed by atoms with Gasteiger partial charge >= 0.3 is 18.1 Å². The fourth-order valence-corrected chi connectivity index (χ4v) is 1.46. The molecule has 0 aromatic heterocycles. The van der Waals surface area contributed by atoms with Gasteiger partial charge in [-0.15, -0.1) is 0 Å². The van der Waals surface area contributed by atoms with Crippen LogP contribution in [0.5, 0.6) is 0 Å². The lowest BCUT2D eigenvalue weighted by Crippen LogP contribution is -2.54. The molecular weight excluding hydrogens is 279 g/mol. The third-order valence-electron chi connectivity index (χ3n) is 2.43. The van der Waals surface area contributed by atoms with Crippen molar-refractivity contribution in [2.75, 3.05) is 27.7 Å². The first-order valence-electron chi connectivity index (χ1n) is 5.45. The smallest absolute Gasteiger partial charge is 0.465 e. The number of quaternary nitrogens is 1. The summed E-state index contributed by atoms with van der Waals surface area (Å²) in [4.78, 5) is 22.4. The molecule has 0 saturated heterocycles. The van der Waals surface area contributed by atoms with E-state index < -0.39 is 29.9 Å². The molecule has 1 atom stereocenters. The Labute approximate surface area is 114 Å². The summed E-state index contributed by atoms with van der Waals surface area (Å²) >= 11 is 0. The van der Waals surface area contributed by atoms with Crippen LogP contribution >= 0.6 is 0 Å². The molecule has 20 heavy (non-hydrogen) atoms. The van der Waals surface area contributed by atoms with Crippen LogP contribution < -0.4 is 0 Å². The molecule has 0 aromatic rings. The van der Waals surface area contributed by atoms with Gasteiger partial charge in [0.25, 0.3) is 6.23 Å². The molecule has 0 heterocycles. The molecule has 1 unspecified atom stereocenters. The molecule has 0 aliphatic rings. The second-order valence-corrected chi connectivity index (χ2v) is 4.52. The van der Waals surface area contributed by atoms with E-state index in [0.717, 1.165) is 7.11 Å². The Morgan fingerprint density at radius 1 is 1.35 bits per heavy atom. The van der Waals surface area contributed by atoms with Crippen molar-refractivity contribution < 1.29 is 36.7 Å². The van der Waals surface area contributed by atoms with Gasteiger partial charge in [0.1, 0.15) is 5.57 Å². The molecule has 0 aliphatic carbocycles. The summed E-state index contributed by atoms with van der Waals surface area (Å²) in [6, 6.07) is 0. The van der Waals surface area contributed by atoms with Crippen molar-refractivity contribution in [3.05, 3.63) is 24.8 Å². The minimum absolute atomic E-state index is 0.145. The Morgan fingerprint density at radius 2 is 1.85 bits per heavy atom. The molecule has 0 saturated carbocycles. The molecule has 0 spiro atoms. The highest BCUT2D eigenvalue weighted by atomic mass is 19.4. The van der Waals surface area contributed by atoms with E-state index in [2.05, 4.69) is 22.6 Å². The molecule has 0 aliphatic heterocycles. The van der Waals surface area contributed by atoms with E-state index in [9.17, 15) is 22.8 Å². The molecular formula is C12H17F3NO4+. The third-order valence-corrected chi connectivity index (χ3v) is 2.43. The van der Waals surface area contributed by atoms with E-state index in [-0.39, 0.29) is 11.0 Å². The van der Waals surface area contributed by atoms with Gasteiger partial charge in [-0.1, -0.05) is 13.2 Å². The normalized spacial score (nSPS) is 13.3. The van der Waals surface area contributed by atoms with Crippen LogP contribution in [0.4, 0.5) is 13.2 Å². The minimum atomic E-state index is -5.16. The largest absolute Gasteiger partial charge is 0.491 e. The molecule has 0 bridgehead atoms. The van der Waals surface area contributed by atoms with Crippen LogP contribution in [0.2, 0.25) is 0 Å². The van der Waals surface area contributed by atoms with Crippen LogP contribution in [-0.2, 0) is 19.1 Å². The van der Waals surface area contributed by atoms with Gasteiger partial charge in [-0.05, 0) is 6.08 Å². The van der Waals surface area contributed by atoms with Gasteiger partial charge in [-0.3, -0.25) is 4.48 Å². The van der Waals surface area contributed by atoms with E-state index in [1.165, 1.54) is 20.2 Å². The van der Waals surface area contributed by atoms with Crippen molar-refractivity contribution in [1.82, 2.24) is 0 Å². The average molecular weight is 296 g/mol. The van der Waals surface area contributed by atoms with Crippen molar-refractivity contribution in [2.45, 2.75) is 12.4 Å². The van der Waals surface area contributed by atoms with Gasteiger partial charge in [-0.2, -0.15) is 13.2 Å². The van der Waals surface area contributed by atoms with Crippen molar-refractivity contribution in [3.63, 3.8) is 0 Å². The van der Waals surface area contributed by atoms with Crippen molar-refractivity contribution in [3.8, 4) is 0 Å². The molecule has 0 N–H and O–H groups in total. The first-order chi connectivity index (χ1) is 8.97. The Morgan fingerprint density at radius 3 is 2.20 bits per heavy atom. The van der Waals surface area contributed by atoms with E-state index >= 15 is 0 Å². The highest BCUT2D eigenvalue weighted by Gasteiger charge is 2.47. The number of nitrogens with zero attached hydrogens (tertiary/aromatic N) is 1. The maximum absolute atomic E-state index is 12.3. The van der Waals surface area contributed by atoms with Crippen molar-refractivity contribution >= 4 is 11.9 Å². The standard InChI is InChI=1S/C12H17F3NO4/c1-6-7-16(3,4)9(8(2)10(17)19-5)20-11(18)12(13,14)15/h6,9H,1-2,7H2,3-5H3/q+1. The number of esters is 2. The second-order valence-electron chi connectivity index (χ2n) is 4.52. The lowest BCUT2D eigenvalue weighted by molar-refractivity contribution is -0.923. The summed E-state index contributed by atoms with van der Waals surface area (Å²) in [6.07, 6.45) is -5.28. The second kappa shape index (κ2) is 6.56. The van der Waals surface area contributed by atoms with Crippen LogP contribution in [0.15, 0.2) is 24.8 Å². The van der Waals surface area contributed by atoms with Gasteiger partial charge in [-0.25, -0.2) is 9.59 Å². The number of hydrogen-bond acceptors (Lipinski definition) is 4. The minimum Gasteiger partial charge on any atom is -0.465 e. The number of likely N-dealkylation sites (N-methyl/N-ethyl adjacent to an activating group) is 1. The quantitative estimate of drug-likeness (QED) is 0.244. The fraction of sp³-hybridized carbons (Fsp3) is 0.500. The molecule has 5 nitrogen and oxygen atoms in total. The van der Waals surface area contributed by atoms with Crippen LogP contribution in [0.3, 0.4) is 0 Å². The zero-order chi connectivity index (χ0) is 16.1. The van der Waals surface area contributed by atoms with Gasteiger partial charge in [0.05, 0.1) is 27.7 Å². The molecule has 114 valence electrons. The van der Waals surface area contributed by atoms with Crippen LogP contribution in [0.25, 0.3) is 0 Å². The Bertz CT molecular complexity index is 415. The molecule has 0 amide bonds. The van der Waals surface area contributed by atoms with Crippen LogP contribution in [-0.4, -0.2) is 56.6 Å². The van der Waals surface area contributed by atoms with Gasteiger partial charge in [0.15, 0.2) is 0 Å². The number of methoxy groups -OCH3 is 1. The number of rotatable bonds is 6. The first-order valence-corrected chi connectivity index (χ1v) is 5.45. The maximum Gasteiger partial charge on any atom is 0.491 e. The van der Waals surface area contributed by atoms with Crippen molar-refractivity contribution in [2.24, 2.45) is 0 Å². The summed E-state index contributed by atoms with van der Waals surface area (Å²) in [7, 11) is 3.97. The maximum atomic E-state index is 12.3. The van der Waals surface area contributed by atoms with Crippen LogP contribution in [0, 0.1) is 0 Å². The number of alkyl halides is 3. The lowest BCUT2D eigenvalue weighted by atomic mass is 10.2.